The third-order valence-corrected chi connectivity index (χ3v) is 5.42. The first kappa shape index (κ1) is 18.1. The Kier molecular flexibility index (Phi) is 5.08. The average molecular weight is 370 g/mol. The summed E-state index contributed by atoms with van der Waals surface area (Å²) in [5, 5.41) is 5.68. The number of anilines is 1. The molecule has 1 N–H and O–H groups in total. The lowest BCUT2D eigenvalue weighted by atomic mass is 10.2. The molecule has 1 amide bonds. The molecule has 26 heavy (non-hydrogen) atoms. The fraction of sp³-hybridized carbons (Fsp3) is 0.316. The van der Waals surface area contributed by atoms with Gasteiger partial charge in [0.05, 0.1) is 28.5 Å². The average Bonchev–Trinajstić information content (AvgIpc) is 3.15. The smallest absolute Gasteiger partial charge is 0.295 e. The third kappa shape index (κ3) is 3.48. The molecule has 0 aliphatic rings. The van der Waals surface area contributed by atoms with Gasteiger partial charge in [0.15, 0.2) is 0 Å². The van der Waals surface area contributed by atoms with E-state index in [2.05, 4.69) is 24.1 Å². The van der Waals surface area contributed by atoms with E-state index in [4.69, 9.17) is 0 Å². The molecule has 0 radical (unpaired) electrons. The summed E-state index contributed by atoms with van der Waals surface area (Å²) < 4.78 is 3.29. The summed E-state index contributed by atoms with van der Waals surface area (Å²) in [6, 6.07) is 9.35. The molecule has 0 aliphatic heterocycles. The highest BCUT2D eigenvalue weighted by atomic mass is 32.1. The molecule has 136 valence electrons. The molecule has 2 heterocycles. The number of thiazole rings is 1. The van der Waals surface area contributed by atoms with E-state index >= 15 is 0 Å². The van der Waals surface area contributed by atoms with Gasteiger partial charge in [-0.15, -0.1) is 11.3 Å². The number of nitrogens with one attached hydrogen (secondary N) is 1. The molecule has 7 heteroatoms. The maximum atomic E-state index is 12.8. The molecule has 6 nitrogen and oxygen atoms in total. The number of hydrogen-bond donors (Lipinski definition) is 1. The Morgan fingerprint density at radius 2 is 1.96 bits per heavy atom. The van der Waals surface area contributed by atoms with Gasteiger partial charge in [0.25, 0.3) is 5.56 Å². The predicted octanol–water partition coefficient (Wildman–Crippen LogP) is 3.25. The number of amides is 1. The van der Waals surface area contributed by atoms with Gasteiger partial charge in [0.2, 0.25) is 5.91 Å². The molecule has 0 unspecified atom stereocenters. The minimum Gasteiger partial charge on any atom is -0.320 e. The first-order chi connectivity index (χ1) is 12.4. The highest BCUT2D eigenvalue weighted by molar-refractivity contribution is 7.09. The standard InChI is InChI=1S/C19H22N4O2S/c1-12(2)18-20-14(11-26-18)10-16(24)21-17-13(3)22(4)23(19(17)25)15-8-6-5-7-9-15/h5-9,11-12H,10H2,1-4H3,(H,21,24). The Morgan fingerprint density at radius 1 is 1.27 bits per heavy atom. The SMILES string of the molecule is Cc1c(NC(=O)Cc2csc(C(C)C)n2)c(=O)n(-c2ccccc2)n1C. The van der Waals surface area contributed by atoms with E-state index in [0.29, 0.717) is 17.3 Å². The van der Waals surface area contributed by atoms with E-state index in [1.54, 1.807) is 27.7 Å². The summed E-state index contributed by atoms with van der Waals surface area (Å²) in [5.41, 5.74) is 2.25. The van der Waals surface area contributed by atoms with Crippen LogP contribution in [0.1, 0.15) is 36.2 Å². The molecule has 0 bridgehead atoms. The summed E-state index contributed by atoms with van der Waals surface area (Å²) in [7, 11) is 1.80. The zero-order chi connectivity index (χ0) is 18.8. The van der Waals surface area contributed by atoms with Crippen LogP contribution in [0.5, 0.6) is 0 Å². The summed E-state index contributed by atoms with van der Waals surface area (Å²) in [5.74, 6) is 0.0999. The maximum Gasteiger partial charge on any atom is 0.295 e. The fourth-order valence-corrected chi connectivity index (χ4v) is 3.56. The molecular formula is C19H22N4O2S. The summed E-state index contributed by atoms with van der Waals surface area (Å²) >= 11 is 1.56. The largest absolute Gasteiger partial charge is 0.320 e. The van der Waals surface area contributed by atoms with E-state index < -0.39 is 0 Å². The van der Waals surface area contributed by atoms with E-state index in [9.17, 15) is 9.59 Å². The molecule has 0 spiro atoms. The molecule has 0 saturated carbocycles. The van der Waals surface area contributed by atoms with Crippen molar-refractivity contribution in [2.24, 2.45) is 7.05 Å². The van der Waals surface area contributed by atoms with Crippen molar-refractivity contribution >= 4 is 22.9 Å². The Bertz CT molecular complexity index is 983. The minimum absolute atomic E-state index is 0.155. The first-order valence-electron chi connectivity index (χ1n) is 8.46. The zero-order valence-corrected chi connectivity index (χ0v) is 16.1. The van der Waals surface area contributed by atoms with E-state index in [1.165, 1.54) is 0 Å². The lowest BCUT2D eigenvalue weighted by Gasteiger charge is -2.07. The second kappa shape index (κ2) is 7.29. The zero-order valence-electron chi connectivity index (χ0n) is 15.3. The number of nitrogens with zero attached hydrogens (tertiary/aromatic N) is 3. The number of para-hydroxylation sites is 1. The fourth-order valence-electron chi connectivity index (χ4n) is 2.73. The molecule has 3 rings (SSSR count). The van der Waals surface area contributed by atoms with Crippen LogP contribution in [0.25, 0.3) is 5.69 Å². The molecule has 3 aromatic rings. The van der Waals surface area contributed by atoms with Crippen molar-refractivity contribution in [3.8, 4) is 5.69 Å². The van der Waals surface area contributed by atoms with Crippen molar-refractivity contribution in [2.75, 3.05) is 5.32 Å². The van der Waals surface area contributed by atoms with Crippen molar-refractivity contribution in [3.63, 3.8) is 0 Å². The van der Waals surface area contributed by atoms with Crippen LogP contribution in [0, 0.1) is 6.92 Å². The van der Waals surface area contributed by atoms with Gasteiger partial charge < -0.3 is 5.32 Å². The van der Waals surface area contributed by atoms with Crippen LogP contribution in [0.2, 0.25) is 0 Å². The van der Waals surface area contributed by atoms with Crippen molar-refractivity contribution in [3.05, 3.63) is 62.5 Å². The number of benzene rings is 1. The normalized spacial score (nSPS) is 11.1. The van der Waals surface area contributed by atoms with Gasteiger partial charge in [0, 0.05) is 18.3 Å². The van der Waals surface area contributed by atoms with Crippen LogP contribution < -0.4 is 10.9 Å². The molecule has 0 atom stereocenters. The number of carbonyl (C=O) groups is 1. The molecule has 2 aromatic heterocycles. The Morgan fingerprint density at radius 3 is 2.58 bits per heavy atom. The quantitative estimate of drug-likeness (QED) is 0.750. The lowest BCUT2D eigenvalue weighted by molar-refractivity contribution is -0.115. The molecule has 0 aliphatic carbocycles. The van der Waals surface area contributed by atoms with E-state index in [0.717, 1.165) is 16.4 Å². The van der Waals surface area contributed by atoms with Gasteiger partial charge in [-0.3, -0.25) is 14.3 Å². The van der Waals surface area contributed by atoms with Crippen molar-refractivity contribution in [1.29, 1.82) is 0 Å². The monoisotopic (exact) mass is 370 g/mol. The van der Waals surface area contributed by atoms with Crippen molar-refractivity contribution < 1.29 is 4.79 Å². The van der Waals surface area contributed by atoms with E-state index in [-0.39, 0.29) is 17.9 Å². The lowest BCUT2D eigenvalue weighted by Crippen LogP contribution is -2.23. The third-order valence-electron chi connectivity index (χ3n) is 4.22. The van der Waals surface area contributed by atoms with Crippen LogP contribution in [-0.4, -0.2) is 20.3 Å². The molecule has 0 fully saturated rings. The van der Waals surface area contributed by atoms with Crippen LogP contribution in [0.4, 0.5) is 5.69 Å². The Hall–Kier alpha value is -2.67. The van der Waals surface area contributed by atoms with Crippen LogP contribution >= 0.6 is 11.3 Å². The van der Waals surface area contributed by atoms with Gasteiger partial charge in [-0.1, -0.05) is 32.0 Å². The number of rotatable bonds is 5. The number of aromatic nitrogens is 3. The van der Waals surface area contributed by atoms with Crippen molar-refractivity contribution in [1.82, 2.24) is 14.3 Å². The van der Waals surface area contributed by atoms with Crippen LogP contribution in [0.15, 0.2) is 40.5 Å². The Labute approximate surface area is 156 Å². The van der Waals surface area contributed by atoms with E-state index in [1.807, 2.05) is 42.6 Å². The second-order valence-corrected chi connectivity index (χ2v) is 7.38. The highest BCUT2D eigenvalue weighted by Gasteiger charge is 2.18. The highest BCUT2D eigenvalue weighted by Crippen LogP contribution is 2.20. The van der Waals surface area contributed by atoms with Gasteiger partial charge in [-0.05, 0) is 19.1 Å². The molecule has 1 aromatic carbocycles. The first-order valence-corrected chi connectivity index (χ1v) is 9.34. The second-order valence-electron chi connectivity index (χ2n) is 6.49. The Balaban J connectivity index is 1.83. The van der Waals surface area contributed by atoms with Gasteiger partial charge in [-0.25, -0.2) is 9.67 Å². The predicted molar refractivity (Wildman–Crippen MR) is 104 cm³/mol. The summed E-state index contributed by atoms with van der Waals surface area (Å²) in [6.45, 7) is 5.96. The van der Waals surface area contributed by atoms with Crippen LogP contribution in [0.3, 0.4) is 0 Å². The topological polar surface area (TPSA) is 68.9 Å². The number of hydrogen-bond acceptors (Lipinski definition) is 4. The maximum absolute atomic E-state index is 12.8. The van der Waals surface area contributed by atoms with Gasteiger partial charge >= 0.3 is 0 Å². The molecule has 0 saturated heterocycles. The summed E-state index contributed by atoms with van der Waals surface area (Å²) in [4.78, 5) is 29.7. The number of carbonyl (C=O) groups excluding carboxylic acids is 1. The van der Waals surface area contributed by atoms with Gasteiger partial charge in [-0.2, -0.15) is 0 Å². The van der Waals surface area contributed by atoms with Crippen molar-refractivity contribution in [2.45, 2.75) is 33.1 Å². The van der Waals surface area contributed by atoms with Crippen LogP contribution in [-0.2, 0) is 18.3 Å². The van der Waals surface area contributed by atoms with Gasteiger partial charge in [0.1, 0.15) is 5.69 Å². The summed E-state index contributed by atoms with van der Waals surface area (Å²) in [6.07, 6.45) is 0.155. The minimum atomic E-state index is -0.245. The molecular weight excluding hydrogens is 348 g/mol.